The zero-order chi connectivity index (χ0) is 21.4. The van der Waals surface area contributed by atoms with E-state index in [4.69, 9.17) is 16.6 Å². The van der Waals surface area contributed by atoms with Gasteiger partial charge in [-0.2, -0.15) is 0 Å². The van der Waals surface area contributed by atoms with Crippen LogP contribution in [0.25, 0.3) is 17.0 Å². The number of rotatable bonds is 5. The number of fused-ring (bicyclic) bond motifs is 1. The Morgan fingerprint density at radius 1 is 1.16 bits per heavy atom. The molecule has 2 aromatic heterocycles. The number of likely N-dealkylation sites (tertiary alicyclic amines) is 1. The van der Waals surface area contributed by atoms with Crippen LogP contribution in [0.15, 0.2) is 58.2 Å². The van der Waals surface area contributed by atoms with E-state index in [2.05, 4.69) is 0 Å². The molecule has 0 unspecified atom stereocenters. The number of hydrogen-bond donors (Lipinski definition) is 0. The minimum Gasteiger partial charge on any atom is -0.467 e. The van der Waals surface area contributed by atoms with Gasteiger partial charge in [-0.25, -0.2) is 0 Å². The fourth-order valence-electron chi connectivity index (χ4n) is 4.07. The molecular formula is C23H21N3O3S2. The van der Waals surface area contributed by atoms with Crippen LogP contribution < -0.4 is 0 Å². The maximum absolute atomic E-state index is 13.0. The summed E-state index contributed by atoms with van der Waals surface area (Å²) >= 11 is 6.73. The lowest BCUT2D eigenvalue weighted by Crippen LogP contribution is -2.30. The summed E-state index contributed by atoms with van der Waals surface area (Å²) in [6, 6.07) is 11.6. The van der Waals surface area contributed by atoms with Crippen molar-refractivity contribution in [1.29, 1.82) is 0 Å². The molecule has 0 spiro atoms. The molecule has 4 heterocycles. The molecule has 158 valence electrons. The van der Waals surface area contributed by atoms with Crippen LogP contribution in [0.3, 0.4) is 0 Å². The maximum Gasteiger partial charge on any atom is 0.266 e. The van der Waals surface area contributed by atoms with Crippen LogP contribution in [0.1, 0.15) is 24.2 Å². The number of para-hydroxylation sites is 1. The number of carbonyl (C=O) groups excluding carboxylic acids is 2. The lowest BCUT2D eigenvalue weighted by atomic mass is 10.1. The number of aromatic nitrogens is 1. The Morgan fingerprint density at radius 2 is 1.97 bits per heavy atom. The Balaban J connectivity index is 1.43. The fourth-order valence-corrected chi connectivity index (χ4v) is 5.32. The monoisotopic (exact) mass is 451 g/mol. The second-order valence-electron chi connectivity index (χ2n) is 7.66. The minimum absolute atomic E-state index is 0.128. The van der Waals surface area contributed by atoms with Gasteiger partial charge in [0.1, 0.15) is 16.6 Å². The van der Waals surface area contributed by atoms with Gasteiger partial charge in [0, 0.05) is 35.8 Å². The fraction of sp³-hybridized carbons (Fsp3) is 0.261. The van der Waals surface area contributed by atoms with Crippen molar-refractivity contribution in [2.45, 2.75) is 25.9 Å². The Kier molecular flexibility index (Phi) is 5.41. The van der Waals surface area contributed by atoms with Crippen molar-refractivity contribution in [1.82, 2.24) is 14.4 Å². The van der Waals surface area contributed by atoms with Gasteiger partial charge >= 0.3 is 0 Å². The molecule has 5 rings (SSSR count). The van der Waals surface area contributed by atoms with E-state index >= 15 is 0 Å². The summed E-state index contributed by atoms with van der Waals surface area (Å²) in [5.41, 5.74) is 1.88. The molecule has 2 fully saturated rings. The van der Waals surface area contributed by atoms with E-state index in [0.717, 1.165) is 42.4 Å². The van der Waals surface area contributed by atoms with Crippen molar-refractivity contribution < 1.29 is 14.0 Å². The molecule has 0 atom stereocenters. The largest absolute Gasteiger partial charge is 0.467 e. The van der Waals surface area contributed by atoms with Gasteiger partial charge < -0.3 is 13.9 Å². The van der Waals surface area contributed by atoms with E-state index in [-0.39, 0.29) is 11.8 Å². The van der Waals surface area contributed by atoms with Gasteiger partial charge in [0.05, 0.1) is 17.7 Å². The van der Waals surface area contributed by atoms with Gasteiger partial charge in [-0.3, -0.25) is 14.5 Å². The summed E-state index contributed by atoms with van der Waals surface area (Å²) in [6.45, 7) is 2.29. The van der Waals surface area contributed by atoms with Crippen molar-refractivity contribution in [3.8, 4) is 0 Å². The average molecular weight is 452 g/mol. The standard InChI is InChI=1S/C23H21N3O3S2/c27-21(24-9-3-4-10-24)15-25-13-16(18-7-1-2-8-19(18)25)12-20-22(28)26(23(30)31-20)14-17-6-5-11-29-17/h1-2,5-8,11-13H,3-4,9-10,14-15H2/b20-12-. The zero-order valence-electron chi connectivity index (χ0n) is 16.8. The summed E-state index contributed by atoms with van der Waals surface area (Å²) in [5.74, 6) is 0.695. The van der Waals surface area contributed by atoms with Crippen LogP contribution in [0, 0.1) is 0 Å². The van der Waals surface area contributed by atoms with Gasteiger partial charge in [0.25, 0.3) is 5.91 Å². The third kappa shape index (κ3) is 3.93. The molecule has 0 radical (unpaired) electrons. The highest BCUT2D eigenvalue weighted by molar-refractivity contribution is 8.26. The average Bonchev–Trinajstić information content (AvgIpc) is 3.56. The third-order valence-corrected chi connectivity index (χ3v) is 7.02. The molecule has 2 amide bonds. The second kappa shape index (κ2) is 8.36. The number of thiocarbonyl (C=S) groups is 1. The lowest BCUT2D eigenvalue weighted by Gasteiger charge is -2.15. The van der Waals surface area contributed by atoms with Crippen LogP contribution in [-0.2, 0) is 22.7 Å². The molecule has 0 N–H and O–H groups in total. The first kappa shape index (κ1) is 20.1. The van der Waals surface area contributed by atoms with Crippen LogP contribution in [0.4, 0.5) is 0 Å². The molecule has 6 nitrogen and oxygen atoms in total. The Morgan fingerprint density at radius 3 is 2.74 bits per heavy atom. The number of benzene rings is 1. The van der Waals surface area contributed by atoms with Crippen LogP contribution in [0.2, 0.25) is 0 Å². The Hall–Kier alpha value is -2.84. The number of hydrogen-bond acceptors (Lipinski definition) is 5. The third-order valence-electron chi connectivity index (χ3n) is 5.64. The molecule has 2 saturated heterocycles. The number of nitrogens with zero attached hydrogens (tertiary/aromatic N) is 3. The van der Waals surface area contributed by atoms with E-state index in [0.29, 0.717) is 28.1 Å². The van der Waals surface area contributed by atoms with Crippen molar-refractivity contribution in [3.63, 3.8) is 0 Å². The SMILES string of the molecule is O=C(Cn1cc(/C=C2\SC(=S)N(Cc3ccco3)C2=O)c2ccccc21)N1CCCC1. The van der Waals surface area contributed by atoms with Gasteiger partial charge in [0.2, 0.25) is 5.91 Å². The minimum atomic E-state index is -0.128. The molecular weight excluding hydrogens is 430 g/mol. The predicted octanol–water partition coefficient (Wildman–Crippen LogP) is 4.26. The summed E-state index contributed by atoms with van der Waals surface area (Å²) < 4.78 is 7.86. The van der Waals surface area contributed by atoms with Crippen LogP contribution in [-0.4, -0.2) is 43.6 Å². The quantitative estimate of drug-likeness (QED) is 0.429. The number of carbonyl (C=O) groups is 2. The first-order valence-electron chi connectivity index (χ1n) is 10.2. The van der Waals surface area contributed by atoms with Crippen molar-refractivity contribution in [2.75, 3.05) is 13.1 Å². The second-order valence-corrected chi connectivity index (χ2v) is 9.34. The van der Waals surface area contributed by atoms with Gasteiger partial charge in [0.15, 0.2) is 0 Å². The molecule has 8 heteroatoms. The van der Waals surface area contributed by atoms with Gasteiger partial charge in [-0.1, -0.05) is 42.2 Å². The highest BCUT2D eigenvalue weighted by atomic mass is 32.2. The predicted molar refractivity (Wildman–Crippen MR) is 125 cm³/mol. The number of amides is 2. The molecule has 3 aromatic rings. The van der Waals surface area contributed by atoms with Crippen molar-refractivity contribution in [3.05, 3.63) is 65.1 Å². The smallest absolute Gasteiger partial charge is 0.266 e. The highest BCUT2D eigenvalue weighted by Crippen LogP contribution is 2.35. The Bertz CT molecular complexity index is 1190. The van der Waals surface area contributed by atoms with Gasteiger partial charge in [-0.15, -0.1) is 0 Å². The number of furan rings is 1. The zero-order valence-corrected chi connectivity index (χ0v) is 18.5. The topological polar surface area (TPSA) is 58.7 Å². The first-order valence-corrected chi connectivity index (χ1v) is 11.5. The van der Waals surface area contributed by atoms with E-state index < -0.39 is 0 Å². The molecule has 0 aliphatic carbocycles. The van der Waals surface area contributed by atoms with E-state index in [9.17, 15) is 9.59 Å². The van der Waals surface area contributed by atoms with E-state index in [1.807, 2.05) is 52.1 Å². The van der Waals surface area contributed by atoms with Crippen molar-refractivity contribution in [2.24, 2.45) is 0 Å². The Labute approximate surface area is 189 Å². The van der Waals surface area contributed by atoms with E-state index in [1.54, 1.807) is 17.2 Å². The lowest BCUT2D eigenvalue weighted by molar-refractivity contribution is -0.130. The van der Waals surface area contributed by atoms with Gasteiger partial charge in [-0.05, 0) is 37.1 Å². The summed E-state index contributed by atoms with van der Waals surface area (Å²) in [5, 5.41) is 1.01. The van der Waals surface area contributed by atoms with Crippen LogP contribution in [0.5, 0.6) is 0 Å². The summed E-state index contributed by atoms with van der Waals surface area (Å²) in [4.78, 5) is 29.7. The molecule has 1 aromatic carbocycles. The molecule has 2 aliphatic rings. The number of thioether (sulfide) groups is 1. The molecule has 31 heavy (non-hydrogen) atoms. The van der Waals surface area contributed by atoms with E-state index in [1.165, 1.54) is 11.8 Å². The molecule has 0 bridgehead atoms. The highest BCUT2D eigenvalue weighted by Gasteiger charge is 2.33. The molecule has 0 saturated carbocycles. The maximum atomic E-state index is 13.0. The van der Waals surface area contributed by atoms with Crippen LogP contribution >= 0.6 is 24.0 Å². The molecule has 2 aliphatic heterocycles. The summed E-state index contributed by atoms with van der Waals surface area (Å²) in [6.07, 6.45) is 7.56. The van der Waals surface area contributed by atoms with Crippen molar-refractivity contribution >= 4 is 57.1 Å². The normalized spacial score (nSPS) is 18.1. The summed E-state index contributed by atoms with van der Waals surface area (Å²) in [7, 11) is 0. The first-order chi connectivity index (χ1) is 15.1.